The lowest BCUT2D eigenvalue weighted by molar-refractivity contribution is -0.137. The molecular formula is C16H26FN3O2. The van der Waals surface area contributed by atoms with E-state index >= 15 is 0 Å². The topological polar surface area (TPSA) is 55.8 Å². The molecule has 0 aliphatic rings. The molecule has 0 spiro atoms. The number of carbonyl (C=O) groups is 1. The molecule has 0 radical (unpaired) electrons. The molecule has 0 aliphatic carbocycles. The van der Waals surface area contributed by atoms with E-state index in [1.165, 1.54) is 6.07 Å². The second kappa shape index (κ2) is 9.38. The van der Waals surface area contributed by atoms with Gasteiger partial charge in [0.2, 0.25) is 0 Å². The molecule has 124 valence electrons. The van der Waals surface area contributed by atoms with Gasteiger partial charge >= 0.3 is 5.97 Å². The molecule has 1 rings (SSSR count). The van der Waals surface area contributed by atoms with Crippen LogP contribution in [0.15, 0.2) is 18.2 Å². The largest absolute Gasteiger partial charge is 0.481 e. The number of hydrogen-bond acceptors (Lipinski definition) is 4. The molecule has 0 amide bonds. The first kappa shape index (κ1) is 18.4. The van der Waals surface area contributed by atoms with Crippen molar-refractivity contribution in [1.29, 1.82) is 0 Å². The third kappa shape index (κ3) is 5.99. The molecule has 6 heteroatoms. The van der Waals surface area contributed by atoms with Crippen molar-refractivity contribution in [1.82, 2.24) is 10.2 Å². The van der Waals surface area contributed by atoms with Crippen LogP contribution in [-0.4, -0.2) is 56.3 Å². The standard InChI is InChI=1S/C16H26FN3O2/c1-4-20(9-7-16(21)22)12-13-5-6-14(17)15(11-13)19(3)10-8-18-2/h5-6,11,18H,4,7-10,12H2,1-3H3,(H,21,22). The first-order chi connectivity index (χ1) is 10.5. The van der Waals surface area contributed by atoms with Gasteiger partial charge in [-0.1, -0.05) is 13.0 Å². The third-order valence-electron chi connectivity index (χ3n) is 3.61. The Morgan fingerprint density at radius 1 is 1.36 bits per heavy atom. The number of nitrogens with one attached hydrogen (secondary N) is 1. The minimum atomic E-state index is -0.801. The van der Waals surface area contributed by atoms with E-state index in [9.17, 15) is 9.18 Å². The fourth-order valence-electron chi connectivity index (χ4n) is 2.21. The Balaban J connectivity index is 2.76. The van der Waals surface area contributed by atoms with Crippen LogP contribution in [0.1, 0.15) is 18.9 Å². The average Bonchev–Trinajstić information content (AvgIpc) is 2.50. The molecule has 0 saturated carbocycles. The molecule has 0 aliphatic heterocycles. The maximum absolute atomic E-state index is 14.0. The summed E-state index contributed by atoms with van der Waals surface area (Å²) < 4.78 is 14.0. The van der Waals surface area contributed by atoms with Gasteiger partial charge in [0, 0.05) is 33.2 Å². The SMILES string of the molecule is CCN(CCC(=O)O)Cc1ccc(F)c(N(C)CCNC)c1. The van der Waals surface area contributed by atoms with E-state index in [0.717, 1.165) is 18.7 Å². The number of carboxylic acids is 1. The molecule has 2 N–H and O–H groups in total. The summed E-state index contributed by atoms with van der Waals surface area (Å²) in [4.78, 5) is 14.6. The van der Waals surface area contributed by atoms with Crippen LogP contribution in [0, 0.1) is 5.82 Å². The number of halogens is 1. The van der Waals surface area contributed by atoms with E-state index in [0.29, 0.717) is 25.3 Å². The van der Waals surface area contributed by atoms with Crippen molar-refractivity contribution in [3.05, 3.63) is 29.6 Å². The van der Waals surface area contributed by atoms with Crippen molar-refractivity contribution < 1.29 is 14.3 Å². The fourth-order valence-corrected chi connectivity index (χ4v) is 2.21. The third-order valence-corrected chi connectivity index (χ3v) is 3.61. The highest BCUT2D eigenvalue weighted by Gasteiger charge is 2.11. The van der Waals surface area contributed by atoms with E-state index in [2.05, 4.69) is 5.32 Å². The molecular weight excluding hydrogens is 285 g/mol. The maximum atomic E-state index is 14.0. The Labute approximate surface area is 131 Å². The predicted molar refractivity (Wildman–Crippen MR) is 86.8 cm³/mol. The lowest BCUT2D eigenvalue weighted by Gasteiger charge is -2.23. The van der Waals surface area contributed by atoms with Gasteiger partial charge in [0.15, 0.2) is 0 Å². The fraction of sp³-hybridized carbons (Fsp3) is 0.562. The Kier molecular flexibility index (Phi) is 7.84. The Morgan fingerprint density at radius 3 is 2.68 bits per heavy atom. The lowest BCUT2D eigenvalue weighted by atomic mass is 10.1. The van der Waals surface area contributed by atoms with Crippen LogP contribution >= 0.6 is 0 Å². The van der Waals surface area contributed by atoms with E-state index in [-0.39, 0.29) is 12.2 Å². The molecule has 1 aromatic rings. The lowest BCUT2D eigenvalue weighted by Crippen LogP contribution is -2.28. The zero-order valence-corrected chi connectivity index (χ0v) is 13.6. The van der Waals surface area contributed by atoms with Crippen molar-refractivity contribution in [3.8, 4) is 0 Å². The van der Waals surface area contributed by atoms with Crippen molar-refractivity contribution in [2.75, 3.05) is 45.2 Å². The molecule has 22 heavy (non-hydrogen) atoms. The molecule has 5 nitrogen and oxygen atoms in total. The van der Waals surface area contributed by atoms with Gasteiger partial charge in [0.05, 0.1) is 12.1 Å². The van der Waals surface area contributed by atoms with Gasteiger partial charge < -0.3 is 15.3 Å². The maximum Gasteiger partial charge on any atom is 0.304 e. The number of hydrogen-bond donors (Lipinski definition) is 2. The van der Waals surface area contributed by atoms with Crippen LogP contribution in [0.4, 0.5) is 10.1 Å². The number of anilines is 1. The van der Waals surface area contributed by atoms with Crippen molar-refractivity contribution in [2.45, 2.75) is 19.9 Å². The molecule has 0 fully saturated rings. The first-order valence-corrected chi connectivity index (χ1v) is 7.56. The molecule has 1 aromatic carbocycles. The van der Waals surface area contributed by atoms with Gasteiger partial charge in [-0.2, -0.15) is 0 Å². The summed E-state index contributed by atoms with van der Waals surface area (Å²) in [5.41, 5.74) is 1.56. The highest BCUT2D eigenvalue weighted by molar-refractivity contribution is 5.66. The van der Waals surface area contributed by atoms with Gasteiger partial charge in [-0.05, 0) is 31.3 Å². The summed E-state index contributed by atoms with van der Waals surface area (Å²) in [7, 11) is 3.73. The number of likely N-dealkylation sites (N-methyl/N-ethyl adjacent to an activating group) is 2. The molecule has 0 heterocycles. The van der Waals surface area contributed by atoms with Gasteiger partial charge in [0.1, 0.15) is 5.82 Å². The smallest absolute Gasteiger partial charge is 0.304 e. The van der Waals surface area contributed by atoms with Gasteiger partial charge in [-0.25, -0.2) is 4.39 Å². The highest BCUT2D eigenvalue weighted by Crippen LogP contribution is 2.20. The molecule has 0 aromatic heterocycles. The van der Waals surface area contributed by atoms with Gasteiger partial charge in [0.25, 0.3) is 0 Å². The monoisotopic (exact) mass is 311 g/mol. The molecule has 0 bridgehead atoms. The Hall–Kier alpha value is -1.66. The summed E-state index contributed by atoms with van der Waals surface area (Å²) in [6.45, 7) is 5.36. The normalized spacial score (nSPS) is 11.0. The summed E-state index contributed by atoms with van der Waals surface area (Å²) in [5, 5.41) is 11.8. The van der Waals surface area contributed by atoms with Crippen LogP contribution in [-0.2, 0) is 11.3 Å². The van der Waals surface area contributed by atoms with Crippen molar-refractivity contribution >= 4 is 11.7 Å². The average molecular weight is 311 g/mol. The number of aliphatic carboxylic acids is 1. The van der Waals surface area contributed by atoms with Crippen LogP contribution < -0.4 is 10.2 Å². The van der Waals surface area contributed by atoms with Crippen LogP contribution in [0.2, 0.25) is 0 Å². The number of benzene rings is 1. The Morgan fingerprint density at radius 2 is 2.09 bits per heavy atom. The molecule has 0 atom stereocenters. The van der Waals surface area contributed by atoms with Crippen LogP contribution in [0.5, 0.6) is 0 Å². The molecule has 0 saturated heterocycles. The summed E-state index contributed by atoms with van der Waals surface area (Å²) in [6.07, 6.45) is 0.115. The van der Waals surface area contributed by atoms with Crippen LogP contribution in [0.3, 0.4) is 0 Å². The zero-order chi connectivity index (χ0) is 16.5. The quantitative estimate of drug-likeness (QED) is 0.690. The van der Waals surface area contributed by atoms with E-state index in [1.54, 1.807) is 6.07 Å². The summed E-state index contributed by atoms with van der Waals surface area (Å²) in [6, 6.07) is 5.08. The number of rotatable bonds is 10. The summed E-state index contributed by atoms with van der Waals surface area (Å²) in [5.74, 6) is -1.04. The second-order valence-corrected chi connectivity index (χ2v) is 5.32. The first-order valence-electron chi connectivity index (χ1n) is 7.56. The van der Waals surface area contributed by atoms with E-state index < -0.39 is 5.97 Å². The summed E-state index contributed by atoms with van der Waals surface area (Å²) >= 11 is 0. The van der Waals surface area contributed by atoms with Gasteiger partial charge in [-0.15, -0.1) is 0 Å². The minimum absolute atomic E-state index is 0.115. The predicted octanol–water partition coefficient (Wildman–Crippen LogP) is 1.78. The molecule has 0 unspecified atom stereocenters. The van der Waals surface area contributed by atoms with Crippen LogP contribution in [0.25, 0.3) is 0 Å². The van der Waals surface area contributed by atoms with Gasteiger partial charge in [-0.3, -0.25) is 9.69 Å². The highest BCUT2D eigenvalue weighted by atomic mass is 19.1. The van der Waals surface area contributed by atoms with E-state index in [1.807, 2.05) is 36.9 Å². The minimum Gasteiger partial charge on any atom is -0.481 e. The Bertz CT molecular complexity index is 482. The van der Waals surface area contributed by atoms with Crippen molar-refractivity contribution in [2.24, 2.45) is 0 Å². The zero-order valence-electron chi connectivity index (χ0n) is 13.6. The van der Waals surface area contributed by atoms with Crippen molar-refractivity contribution in [3.63, 3.8) is 0 Å². The number of nitrogens with zero attached hydrogens (tertiary/aromatic N) is 2. The van der Waals surface area contributed by atoms with E-state index in [4.69, 9.17) is 5.11 Å². The second-order valence-electron chi connectivity index (χ2n) is 5.32. The number of carboxylic acid groups (broad SMARTS) is 1.